The predicted molar refractivity (Wildman–Crippen MR) is 76.3 cm³/mol. The molecule has 0 radical (unpaired) electrons. The van der Waals surface area contributed by atoms with Crippen molar-refractivity contribution in [3.63, 3.8) is 0 Å². The van der Waals surface area contributed by atoms with Gasteiger partial charge in [0.05, 0.1) is 12.3 Å². The third-order valence-corrected chi connectivity index (χ3v) is 3.56. The highest BCUT2D eigenvalue weighted by Crippen LogP contribution is 2.06. The number of hydrogen-bond donors (Lipinski definition) is 1. The van der Waals surface area contributed by atoms with Gasteiger partial charge in [0.15, 0.2) is 0 Å². The highest BCUT2D eigenvalue weighted by molar-refractivity contribution is 5.76. The third-order valence-electron chi connectivity index (χ3n) is 3.56. The first-order chi connectivity index (χ1) is 9.54. The van der Waals surface area contributed by atoms with Crippen molar-refractivity contribution in [1.29, 1.82) is 0 Å². The van der Waals surface area contributed by atoms with Crippen molar-refractivity contribution in [1.82, 2.24) is 19.6 Å². The molecule has 6 nitrogen and oxygen atoms in total. The number of piperazine rings is 1. The number of β-amino-alcohol motifs (C(OH)–C–C–N with tert-alkyl or cyclic N) is 1. The molecule has 1 aromatic heterocycles. The Morgan fingerprint density at radius 2 is 2.10 bits per heavy atom. The van der Waals surface area contributed by atoms with Crippen LogP contribution in [0.25, 0.3) is 0 Å². The minimum absolute atomic E-state index is 0.190. The molecule has 0 bridgehead atoms. The van der Waals surface area contributed by atoms with E-state index in [0.717, 1.165) is 31.7 Å². The monoisotopic (exact) mass is 280 g/mol. The van der Waals surface area contributed by atoms with Crippen LogP contribution < -0.4 is 0 Å². The Hall–Kier alpha value is -1.40. The van der Waals surface area contributed by atoms with Crippen LogP contribution in [0.2, 0.25) is 0 Å². The minimum Gasteiger partial charge on any atom is -0.392 e. The number of amides is 1. The summed E-state index contributed by atoms with van der Waals surface area (Å²) in [7, 11) is 0. The van der Waals surface area contributed by atoms with Gasteiger partial charge < -0.3 is 10.0 Å². The molecule has 0 saturated carbocycles. The molecule has 0 aliphatic carbocycles. The van der Waals surface area contributed by atoms with Crippen molar-refractivity contribution in [2.75, 3.05) is 32.7 Å². The highest BCUT2D eigenvalue weighted by atomic mass is 16.3. The average Bonchev–Trinajstić information content (AvgIpc) is 2.82. The number of rotatable bonds is 5. The fourth-order valence-electron chi connectivity index (χ4n) is 2.51. The molecule has 1 N–H and O–H groups in total. The van der Waals surface area contributed by atoms with Gasteiger partial charge in [-0.05, 0) is 19.4 Å². The van der Waals surface area contributed by atoms with E-state index in [1.165, 1.54) is 0 Å². The maximum Gasteiger partial charge on any atom is 0.224 e. The molecule has 1 amide bonds. The van der Waals surface area contributed by atoms with Crippen molar-refractivity contribution in [2.45, 2.75) is 32.9 Å². The number of aromatic nitrogens is 2. The second-order valence-corrected chi connectivity index (χ2v) is 5.56. The van der Waals surface area contributed by atoms with Gasteiger partial charge >= 0.3 is 0 Å². The van der Waals surface area contributed by atoms with Crippen molar-refractivity contribution in [3.05, 3.63) is 18.0 Å². The van der Waals surface area contributed by atoms with Crippen LogP contribution in [0, 0.1) is 6.92 Å². The van der Waals surface area contributed by atoms with Crippen LogP contribution in [-0.2, 0) is 11.3 Å². The van der Waals surface area contributed by atoms with Crippen LogP contribution in [0.5, 0.6) is 0 Å². The zero-order valence-corrected chi connectivity index (χ0v) is 12.3. The number of hydrogen-bond acceptors (Lipinski definition) is 4. The summed E-state index contributed by atoms with van der Waals surface area (Å²) in [6.07, 6.45) is 3.95. The summed E-state index contributed by atoms with van der Waals surface area (Å²) in [5.41, 5.74) is 1.11. The molecule has 1 fully saturated rings. The summed E-state index contributed by atoms with van der Waals surface area (Å²) < 4.78 is 1.82. The Balaban J connectivity index is 1.72. The second-order valence-electron chi connectivity index (χ2n) is 5.56. The molecule has 1 aliphatic rings. The summed E-state index contributed by atoms with van der Waals surface area (Å²) in [4.78, 5) is 16.2. The van der Waals surface area contributed by atoms with Gasteiger partial charge in [0.2, 0.25) is 5.91 Å². The summed E-state index contributed by atoms with van der Waals surface area (Å²) >= 11 is 0. The van der Waals surface area contributed by atoms with Gasteiger partial charge in [-0.3, -0.25) is 14.4 Å². The average molecular weight is 280 g/mol. The van der Waals surface area contributed by atoms with Crippen LogP contribution in [-0.4, -0.2) is 69.4 Å². The Bertz CT molecular complexity index is 436. The molecule has 2 heterocycles. The van der Waals surface area contributed by atoms with Crippen molar-refractivity contribution in [2.24, 2.45) is 0 Å². The van der Waals surface area contributed by atoms with Crippen LogP contribution >= 0.6 is 0 Å². The smallest absolute Gasteiger partial charge is 0.224 e. The lowest BCUT2D eigenvalue weighted by molar-refractivity contribution is -0.133. The van der Waals surface area contributed by atoms with Gasteiger partial charge in [-0.2, -0.15) is 5.10 Å². The van der Waals surface area contributed by atoms with E-state index in [4.69, 9.17) is 0 Å². The molecule has 0 aromatic carbocycles. The number of aryl methyl sites for hydroxylation is 2. The molecule has 1 aliphatic heterocycles. The summed E-state index contributed by atoms with van der Waals surface area (Å²) in [6, 6.07) is 0. The molecule has 2 rings (SSSR count). The van der Waals surface area contributed by atoms with Crippen molar-refractivity contribution < 1.29 is 9.90 Å². The van der Waals surface area contributed by atoms with Gasteiger partial charge in [0.1, 0.15) is 0 Å². The third kappa shape index (κ3) is 4.31. The summed E-state index contributed by atoms with van der Waals surface area (Å²) in [5, 5.41) is 13.5. The fourth-order valence-corrected chi connectivity index (χ4v) is 2.51. The van der Waals surface area contributed by atoms with Crippen LogP contribution in [0.15, 0.2) is 12.4 Å². The predicted octanol–water partition coefficient (Wildman–Crippen LogP) is 0.107. The van der Waals surface area contributed by atoms with Gasteiger partial charge in [-0.25, -0.2) is 0 Å². The summed E-state index contributed by atoms with van der Waals surface area (Å²) in [6.45, 7) is 8.31. The van der Waals surface area contributed by atoms with Crippen molar-refractivity contribution >= 4 is 5.91 Å². The van der Waals surface area contributed by atoms with Gasteiger partial charge in [-0.1, -0.05) is 0 Å². The normalized spacial score (nSPS) is 18.2. The van der Waals surface area contributed by atoms with E-state index in [-0.39, 0.29) is 12.0 Å². The zero-order valence-electron chi connectivity index (χ0n) is 12.3. The number of aliphatic hydroxyl groups excluding tert-OH is 1. The van der Waals surface area contributed by atoms with E-state index in [2.05, 4.69) is 10.00 Å². The lowest BCUT2D eigenvalue weighted by atomic mass is 10.2. The largest absolute Gasteiger partial charge is 0.392 e. The Labute approximate surface area is 120 Å². The van der Waals surface area contributed by atoms with Crippen LogP contribution in [0.4, 0.5) is 0 Å². The van der Waals surface area contributed by atoms with Gasteiger partial charge in [-0.15, -0.1) is 0 Å². The molecular weight excluding hydrogens is 256 g/mol. The number of carbonyl (C=O) groups is 1. The Morgan fingerprint density at radius 3 is 2.65 bits per heavy atom. The summed E-state index contributed by atoms with van der Waals surface area (Å²) in [5.74, 6) is 0.190. The first kappa shape index (κ1) is 15.0. The molecule has 1 unspecified atom stereocenters. The number of carbonyl (C=O) groups excluding carboxylic acids is 1. The lowest BCUT2D eigenvalue weighted by Crippen LogP contribution is -2.50. The molecule has 0 spiro atoms. The minimum atomic E-state index is -0.305. The lowest BCUT2D eigenvalue weighted by Gasteiger charge is -2.35. The maximum absolute atomic E-state index is 12.1. The van der Waals surface area contributed by atoms with Gasteiger partial charge in [0.25, 0.3) is 0 Å². The zero-order chi connectivity index (χ0) is 14.5. The van der Waals surface area contributed by atoms with Crippen molar-refractivity contribution in [3.8, 4) is 0 Å². The van der Waals surface area contributed by atoms with Crippen LogP contribution in [0.1, 0.15) is 18.9 Å². The molecule has 20 heavy (non-hydrogen) atoms. The molecular formula is C14H24N4O2. The molecule has 1 atom stereocenters. The van der Waals surface area contributed by atoms with E-state index >= 15 is 0 Å². The molecule has 6 heteroatoms. The number of nitrogens with zero attached hydrogens (tertiary/aromatic N) is 4. The first-order valence-corrected chi connectivity index (χ1v) is 7.22. The highest BCUT2D eigenvalue weighted by Gasteiger charge is 2.21. The van der Waals surface area contributed by atoms with E-state index in [1.807, 2.05) is 22.7 Å². The van der Waals surface area contributed by atoms with Gasteiger partial charge in [0, 0.05) is 51.9 Å². The topological polar surface area (TPSA) is 61.6 Å². The second kappa shape index (κ2) is 6.85. The maximum atomic E-state index is 12.1. The first-order valence-electron chi connectivity index (χ1n) is 7.22. The molecule has 1 aromatic rings. The van der Waals surface area contributed by atoms with E-state index in [0.29, 0.717) is 19.5 Å². The SMILES string of the molecule is Cc1cnn(CCC(=O)N2CCN(CC(C)O)CC2)c1. The van der Waals surface area contributed by atoms with Crippen LogP contribution in [0.3, 0.4) is 0 Å². The standard InChI is InChI=1S/C14H24N4O2/c1-12-9-15-18(10-12)4-3-14(20)17-7-5-16(6-8-17)11-13(2)19/h9-10,13,19H,3-8,11H2,1-2H3. The number of aliphatic hydroxyl groups is 1. The molecule has 112 valence electrons. The quantitative estimate of drug-likeness (QED) is 0.831. The fraction of sp³-hybridized carbons (Fsp3) is 0.714. The Morgan fingerprint density at radius 1 is 1.40 bits per heavy atom. The van der Waals surface area contributed by atoms with E-state index in [1.54, 1.807) is 13.1 Å². The van der Waals surface area contributed by atoms with E-state index in [9.17, 15) is 9.90 Å². The van der Waals surface area contributed by atoms with E-state index < -0.39 is 0 Å². The Kier molecular flexibility index (Phi) is 5.14. The molecule has 1 saturated heterocycles.